The van der Waals surface area contributed by atoms with E-state index in [1.807, 2.05) is 38.1 Å². The number of hydrogen-bond acceptors (Lipinski definition) is 2. The van der Waals surface area contributed by atoms with Crippen LogP contribution in [0.25, 0.3) is 0 Å². The largest absolute Gasteiger partial charge is 0.419 e. The monoisotopic (exact) mass is 297 g/mol. The lowest BCUT2D eigenvalue weighted by Gasteiger charge is -2.20. The summed E-state index contributed by atoms with van der Waals surface area (Å²) in [4.78, 5) is 0. The summed E-state index contributed by atoms with van der Waals surface area (Å²) in [5, 5.41) is 7.11. The van der Waals surface area contributed by atoms with Crippen LogP contribution in [0.15, 0.2) is 36.7 Å². The van der Waals surface area contributed by atoms with Crippen molar-refractivity contribution in [2.45, 2.75) is 32.6 Å². The summed E-state index contributed by atoms with van der Waals surface area (Å²) in [6, 6.07) is 7.77. The SMILES string of the molecule is CCNC(Cn1cc(C(F)(F)F)cn1)c1ccccc1C. The second kappa shape index (κ2) is 6.30. The van der Waals surface area contributed by atoms with Gasteiger partial charge < -0.3 is 5.32 Å². The van der Waals surface area contributed by atoms with Crippen molar-refractivity contribution in [2.24, 2.45) is 0 Å². The first-order valence-corrected chi connectivity index (χ1v) is 6.80. The molecule has 0 aliphatic rings. The molecule has 0 bridgehead atoms. The average molecular weight is 297 g/mol. The third-order valence-corrected chi connectivity index (χ3v) is 3.34. The van der Waals surface area contributed by atoms with Gasteiger partial charge >= 0.3 is 6.18 Å². The summed E-state index contributed by atoms with van der Waals surface area (Å²) >= 11 is 0. The molecule has 1 heterocycles. The highest BCUT2D eigenvalue weighted by Crippen LogP contribution is 2.29. The molecule has 1 N–H and O–H groups in total. The Labute approximate surface area is 121 Å². The molecule has 0 saturated carbocycles. The highest BCUT2D eigenvalue weighted by atomic mass is 19.4. The molecule has 2 aromatic rings. The Kier molecular flexibility index (Phi) is 4.67. The van der Waals surface area contributed by atoms with E-state index >= 15 is 0 Å². The van der Waals surface area contributed by atoms with E-state index in [9.17, 15) is 13.2 Å². The Bertz CT molecular complexity index is 590. The zero-order valence-corrected chi connectivity index (χ0v) is 12.0. The molecule has 114 valence electrons. The summed E-state index contributed by atoms with van der Waals surface area (Å²) in [6.07, 6.45) is -2.45. The molecule has 0 aliphatic carbocycles. The number of rotatable bonds is 5. The molecule has 0 amide bonds. The molecular weight excluding hydrogens is 279 g/mol. The van der Waals surface area contributed by atoms with Gasteiger partial charge in [0.1, 0.15) is 0 Å². The fourth-order valence-corrected chi connectivity index (χ4v) is 2.29. The molecular formula is C15H18F3N3. The van der Waals surface area contributed by atoms with Gasteiger partial charge in [0.15, 0.2) is 0 Å². The number of nitrogens with zero attached hydrogens (tertiary/aromatic N) is 2. The summed E-state index contributed by atoms with van der Waals surface area (Å²) in [6.45, 7) is 5.04. The van der Waals surface area contributed by atoms with Gasteiger partial charge in [-0.1, -0.05) is 31.2 Å². The number of benzene rings is 1. The molecule has 2 rings (SSSR count). The number of nitrogens with one attached hydrogen (secondary N) is 1. The van der Waals surface area contributed by atoms with Crippen LogP contribution < -0.4 is 5.32 Å². The van der Waals surface area contributed by atoms with Gasteiger partial charge in [0.05, 0.1) is 24.3 Å². The van der Waals surface area contributed by atoms with Crippen LogP contribution in [0.5, 0.6) is 0 Å². The number of aryl methyl sites for hydroxylation is 1. The third-order valence-electron chi connectivity index (χ3n) is 3.34. The predicted octanol–water partition coefficient (Wildman–Crippen LogP) is 3.56. The number of likely N-dealkylation sites (N-methyl/N-ethyl adjacent to an activating group) is 1. The fourth-order valence-electron chi connectivity index (χ4n) is 2.29. The number of halogens is 3. The van der Waals surface area contributed by atoms with Gasteiger partial charge in [0.25, 0.3) is 0 Å². The molecule has 0 aliphatic heterocycles. The lowest BCUT2D eigenvalue weighted by atomic mass is 10.0. The summed E-state index contributed by atoms with van der Waals surface area (Å²) in [5.41, 5.74) is 1.46. The van der Waals surface area contributed by atoms with Gasteiger partial charge in [-0.2, -0.15) is 18.3 Å². The van der Waals surface area contributed by atoms with E-state index in [-0.39, 0.29) is 6.04 Å². The van der Waals surface area contributed by atoms with Crippen LogP contribution in [-0.4, -0.2) is 16.3 Å². The van der Waals surface area contributed by atoms with Crippen LogP contribution in [0.3, 0.4) is 0 Å². The van der Waals surface area contributed by atoms with Gasteiger partial charge in [-0.05, 0) is 24.6 Å². The summed E-state index contributed by atoms with van der Waals surface area (Å²) < 4.78 is 39.2. The van der Waals surface area contributed by atoms with Crippen LogP contribution in [0.2, 0.25) is 0 Å². The van der Waals surface area contributed by atoms with Crippen molar-refractivity contribution < 1.29 is 13.2 Å². The van der Waals surface area contributed by atoms with Gasteiger partial charge in [-0.15, -0.1) is 0 Å². The van der Waals surface area contributed by atoms with E-state index in [2.05, 4.69) is 10.4 Å². The Hall–Kier alpha value is -1.82. The van der Waals surface area contributed by atoms with E-state index in [4.69, 9.17) is 0 Å². The van der Waals surface area contributed by atoms with Crippen molar-refractivity contribution in [1.29, 1.82) is 0 Å². The molecule has 0 fully saturated rings. The Morgan fingerprint density at radius 1 is 1.29 bits per heavy atom. The average Bonchev–Trinajstić information content (AvgIpc) is 2.87. The summed E-state index contributed by atoms with van der Waals surface area (Å²) in [7, 11) is 0. The van der Waals surface area contributed by atoms with Gasteiger partial charge in [-0.3, -0.25) is 4.68 Å². The van der Waals surface area contributed by atoms with Crippen LogP contribution in [-0.2, 0) is 12.7 Å². The minimum Gasteiger partial charge on any atom is -0.309 e. The van der Waals surface area contributed by atoms with E-state index in [0.29, 0.717) is 6.54 Å². The number of aromatic nitrogens is 2. The van der Waals surface area contributed by atoms with Crippen LogP contribution in [0.1, 0.15) is 29.7 Å². The van der Waals surface area contributed by atoms with Crippen LogP contribution in [0, 0.1) is 6.92 Å². The quantitative estimate of drug-likeness (QED) is 0.914. The van der Waals surface area contributed by atoms with Crippen LogP contribution in [0.4, 0.5) is 13.2 Å². The first kappa shape index (κ1) is 15.6. The van der Waals surface area contributed by atoms with E-state index in [1.54, 1.807) is 0 Å². The molecule has 3 nitrogen and oxygen atoms in total. The van der Waals surface area contributed by atoms with Gasteiger partial charge in [-0.25, -0.2) is 0 Å². The maximum atomic E-state index is 12.6. The zero-order chi connectivity index (χ0) is 15.5. The lowest BCUT2D eigenvalue weighted by Crippen LogP contribution is -2.26. The van der Waals surface area contributed by atoms with Crippen molar-refractivity contribution in [2.75, 3.05) is 6.54 Å². The number of hydrogen-bond donors (Lipinski definition) is 1. The second-order valence-corrected chi connectivity index (χ2v) is 4.92. The van der Waals surface area contributed by atoms with E-state index in [0.717, 1.165) is 30.1 Å². The van der Waals surface area contributed by atoms with Crippen molar-refractivity contribution >= 4 is 0 Å². The van der Waals surface area contributed by atoms with Crippen LogP contribution >= 0.6 is 0 Å². The molecule has 1 aromatic heterocycles. The molecule has 0 radical (unpaired) electrons. The van der Waals surface area contributed by atoms with E-state index < -0.39 is 11.7 Å². The van der Waals surface area contributed by atoms with E-state index in [1.165, 1.54) is 4.68 Å². The molecule has 0 spiro atoms. The summed E-state index contributed by atoms with van der Waals surface area (Å²) in [5.74, 6) is 0. The Morgan fingerprint density at radius 2 is 2.00 bits per heavy atom. The Morgan fingerprint density at radius 3 is 2.57 bits per heavy atom. The van der Waals surface area contributed by atoms with Gasteiger partial charge in [0.2, 0.25) is 0 Å². The molecule has 0 saturated heterocycles. The molecule has 1 unspecified atom stereocenters. The Balaban J connectivity index is 2.21. The minimum atomic E-state index is -4.35. The standard InChI is InChI=1S/C15H18F3N3/c1-3-19-14(13-7-5-4-6-11(13)2)10-21-9-12(8-20-21)15(16,17)18/h4-9,14,19H,3,10H2,1-2H3. The topological polar surface area (TPSA) is 29.9 Å². The second-order valence-electron chi connectivity index (χ2n) is 4.92. The lowest BCUT2D eigenvalue weighted by molar-refractivity contribution is -0.137. The molecule has 1 aromatic carbocycles. The first-order valence-electron chi connectivity index (χ1n) is 6.80. The normalized spacial score (nSPS) is 13.4. The van der Waals surface area contributed by atoms with Crippen molar-refractivity contribution in [3.05, 3.63) is 53.3 Å². The molecule has 21 heavy (non-hydrogen) atoms. The fraction of sp³-hybridized carbons (Fsp3) is 0.400. The smallest absolute Gasteiger partial charge is 0.309 e. The molecule has 6 heteroatoms. The van der Waals surface area contributed by atoms with Crippen molar-refractivity contribution in [3.8, 4) is 0 Å². The molecule has 1 atom stereocenters. The maximum absolute atomic E-state index is 12.6. The predicted molar refractivity (Wildman–Crippen MR) is 74.8 cm³/mol. The zero-order valence-electron chi connectivity index (χ0n) is 12.0. The highest BCUT2D eigenvalue weighted by Gasteiger charge is 2.32. The maximum Gasteiger partial charge on any atom is 0.419 e. The minimum absolute atomic E-state index is 0.0721. The highest BCUT2D eigenvalue weighted by molar-refractivity contribution is 5.28. The third kappa shape index (κ3) is 3.85. The van der Waals surface area contributed by atoms with Gasteiger partial charge in [0, 0.05) is 6.20 Å². The number of alkyl halides is 3. The van der Waals surface area contributed by atoms with Crippen molar-refractivity contribution in [3.63, 3.8) is 0 Å². The van der Waals surface area contributed by atoms with Crippen molar-refractivity contribution in [1.82, 2.24) is 15.1 Å². The first-order chi connectivity index (χ1) is 9.91.